The van der Waals surface area contributed by atoms with Crippen molar-refractivity contribution < 1.29 is 22.7 Å². The lowest BCUT2D eigenvalue weighted by Gasteiger charge is -2.27. The zero-order valence-corrected chi connectivity index (χ0v) is 18.8. The number of benzene rings is 1. The molecule has 1 heterocycles. The smallest absolute Gasteiger partial charge is 0.408 e. The van der Waals surface area contributed by atoms with Crippen LogP contribution in [0.1, 0.15) is 33.3 Å². The van der Waals surface area contributed by atoms with Crippen LogP contribution in [-0.4, -0.2) is 66.7 Å². The number of hydrogen-bond donors (Lipinski definition) is 1. The Kier molecular flexibility index (Phi) is 8.03. The molecule has 1 aliphatic rings. The van der Waals surface area contributed by atoms with E-state index in [4.69, 9.17) is 4.74 Å². The van der Waals surface area contributed by atoms with Crippen LogP contribution in [0.15, 0.2) is 42.5 Å². The van der Waals surface area contributed by atoms with Crippen LogP contribution in [0.3, 0.4) is 0 Å². The molecule has 0 aromatic heterocycles. The normalized spacial score (nSPS) is 19.7. The molecule has 1 atom stereocenters. The van der Waals surface area contributed by atoms with Gasteiger partial charge in [-0.15, -0.1) is 0 Å². The van der Waals surface area contributed by atoms with Gasteiger partial charge in [0.25, 0.3) is 0 Å². The highest BCUT2D eigenvalue weighted by molar-refractivity contribution is 7.89. The number of alkyl carbamates (subject to hydrolysis) is 1. The highest BCUT2D eigenvalue weighted by Gasteiger charge is 2.28. The van der Waals surface area contributed by atoms with E-state index in [2.05, 4.69) is 5.32 Å². The third-order valence-corrected chi connectivity index (χ3v) is 6.19. The van der Waals surface area contributed by atoms with E-state index in [-0.39, 0.29) is 37.8 Å². The fourth-order valence-corrected chi connectivity index (χ4v) is 4.29. The van der Waals surface area contributed by atoms with Gasteiger partial charge in [0.2, 0.25) is 15.9 Å². The molecule has 0 radical (unpaired) electrons. The van der Waals surface area contributed by atoms with Crippen LogP contribution in [0.25, 0.3) is 0 Å². The minimum absolute atomic E-state index is 0.0388. The molecule has 0 unspecified atom stereocenters. The minimum atomic E-state index is -3.57. The summed E-state index contributed by atoms with van der Waals surface area (Å²) in [5, 5.41) is 2.51. The molecule has 0 aliphatic carbocycles. The third-order valence-electron chi connectivity index (χ3n) is 4.43. The van der Waals surface area contributed by atoms with Gasteiger partial charge < -0.3 is 15.0 Å². The van der Waals surface area contributed by atoms with E-state index in [9.17, 15) is 18.0 Å². The number of nitrogens with zero attached hydrogens (tertiary/aromatic N) is 2. The molecule has 2 rings (SSSR count). The van der Waals surface area contributed by atoms with Crippen molar-refractivity contribution in [2.24, 2.45) is 0 Å². The van der Waals surface area contributed by atoms with E-state index < -0.39 is 27.8 Å². The van der Waals surface area contributed by atoms with Crippen molar-refractivity contribution in [3.63, 3.8) is 0 Å². The first-order valence-corrected chi connectivity index (χ1v) is 11.5. The van der Waals surface area contributed by atoms with E-state index in [1.54, 1.807) is 39.8 Å². The van der Waals surface area contributed by atoms with Gasteiger partial charge in [-0.05, 0) is 33.3 Å². The Morgan fingerprint density at radius 1 is 1.13 bits per heavy atom. The first kappa shape index (κ1) is 23.9. The van der Waals surface area contributed by atoms with E-state index in [0.29, 0.717) is 0 Å². The van der Waals surface area contributed by atoms with Crippen molar-refractivity contribution in [1.29, 1.82) is 0 Å². The molecule has 0 fully saturated rings. The molecule has 30 heavy (non-hydrogen) atoms. The number of rotatable bonds is 4. The first-order chi connectivity index (χ1) is 14.0. The largest absolute Gasteiger partial charge is 0.444 e. The monoisotopic (exact) mass is 437 g/mol. The number of nitrogens with one attached hydrogen (secondary N) is 1. The summed E-state index contributed by atoms with van der Waals surface area (Å²) in [6.45, 7) is 7.58. The van der Waals surface area contributed by atoms with Gasteiger partial charge in [0.15, 0.2) is 0 Å². The second kappa shape index (κ2) is 10.1. The number of carbonyl (C=O) groups excluding carboxylic acids is 2. The van der Waals surface area contributed by atoms with Crippen LogP contribution in [0.4, 0.5) is 4.79 Å². The second-order valence-electron chi connectivity index (χ2n) is 8.22. The zero-order chi connectivity index (χ0) is 22.4. The van der Waals surface area contributed by atoms with Crippen LogP contribution in [0.2, 0.25) is 0 Å². The van der Waals surface area contributed by atoms with Crippen LogP contribution in [0, 0.1) is 0 Å². The third kappa shape index (κ3) is 7.46. The van der Waals surface area contributed by atoms with E-state index in [1.807, 2.05) is 30.3 Å². The second-order valence-corrected chi connectivity index (χ2v) is 10.3. The van der Waals surface area contributed by atoms with Crippen LogP contribution in [0.5, 0.6) is 0 Å². The van der Waals surface area contributed by atoms with Crippen LogP contribution in [-0.2, 0) is 26.1 Å². The number of sulfonamides is 1. The first-order valence-electron chi connectivity index (χ1n) is 9.93. The zero-order valence-electron chi connectivity index (χ0n) is 18.0. The summed E-state index contributed by atoms with van der Waals surface area (Å²) in [5.74, 6) is -0.552. The molecule has 1 aromatic carbocycles. The van der Waals surface area contributed by atoms with Gasteiger partial charge in [0.1, 0.15) is 11.6 Å². The quantitative estimate of drug-likeness (QED) is 0.728. The minimum Gasteiger partial charge on any atom is -0.444 e. The Hall–Kier alpha value is -2.39. The van der Waals surface area contributed by atoms with Gasteiger partial charge in [-0.2, -0.15) is 4.31 Å². The Bertz CT molecular complexity index is 862. The van der Waals surface area contributed by atoms with Crippen molar-refractivity contribution in [3.05, 3.63) is 48.0 Å². The number of amides is 2. The number of hydrogen-bond acceptors (Lipinski definition) is 5. The lowest BCUT2D eigenvalue weighted by molar-refractivity contribution is -0.132. The van der Waals surface area contributed by atoms with Crippen LogP contribution >= 0.6 is 0 Å². The predicted molar refractivity (Wildman–Crippen MR) is 115 cm³/mol. The average molecular weight is 438 g/mol. The highest BCUT2D eigenvalue weighted by Crippen LogP contribution is 2.13. The lowest BCUT2D eigenvalue weighted by atomic mass is 10.2. The van der Waals surface area contributed by atoms with Crippen molar-refractivity contribution >= 4 is 22.0 Å². The Balaban J connectivity index is 2.03. The van der Waals surface area contributed by atoms with Gasteiger partial charge in [-0.25, -0.2) is 13.2 Å². The summed E-state index contributed by atoms with van der Waals surface area (Å²) in [6.07, 6.45) is 2.83. The molecule has 1 N–H and O–H groups in total. The van der Waals surface area contributed by atoms with Crippen molar-refractivity contribution in [1.82, 2.24) is 14.5 Å². The Labute approximate surface area is 178 Å². The Morgan fingerprint density at radius 3 is 2.40 bits per heavy atom. The molecule has 166 valence electrons. The predicted octanol–water partition coefficient (Wildman–Crippen LogP) is 2.13. The summed E-state index contributed by atoms with van der Waals surface area (Å²) in [7, 11) is -3.57. The maximum absolute atomic E-state index is 12.8. The van der Waals surface area contributed by atoms with Gasteiger partial charge in [0.05, 0.1) is 5.75 Å². The summed E-state index contributed by atoms with van der Waals surface area (Å²) >= 11 is 0. The van der Waals surface area contributed by atoms with Crippen molar-refractivity contribution in [3.8, 4) is 0 Å². The molecular weight excluding hydrogens is 406 g/mol. The molecule has 0 saturated carbocycles. The standard InChI is InChI=1S/C21H31N3O5S/c1-17(22-20(26)29-21(2,3)4)19(25)23-12-8-9-13-24(30(27,28)15-14-23)16-18-10-6-5-7-11-18/h5-11,17H,12-16H2,1-4H3,(H,22,26)/b9-8-/t17-/m0/s1. The Morgan fingerprint density at radius 2 is 1.77 bits per heavy atom. The topological polar surface area (TPSA) is 96.0 Å². The summed E-state index contributed by atoms with van der Waals surface area (Å²) in [6, 6.07) is 8.54. The molecule has 0 spiro atoms. The van der Waals surface area contributed by atoms with Gasteiger partial charge >= 0.3 is 6.09 Å². The van der Waals surface area contributed by atoms with Crippen molar-refractivity contribution in [2.45, 2.75) is 45.9 Å². The molecule has 0 bridgehead atoms. The maximum Gasteiger partial charge on any atom is 0.408 e. The molecular formula is C21H31N3O5S. The lowest BCUT2D eigenvalue weighted by Crippen LogP contribution is -2.49. The average Bonchev–Trinajstić information content (AvgIpc) is 2.71. The number of carbonyl (C=O) groups is 2. The molecule has 1 aliphatic heterocycles. The highest BCUT2D eigenvalue weighted by atomic mass is 32.2. The molecule has 9 heteroatoms. The van der Waals surface area contributed by atoms with E-state index in [0.717, 1.165) is 5.56 Å². The van der Waals surface area contributed by atoms with Crippen molar-refractivity contribution in [2.75, 3.05) is 25.4 Å². The van der Waals surface area contributed by atoms with E-state index >= 15 is 0 Å². The van der Waals surface area contributed by atoms with Gasteiger partial charge in [0, 0.05) is 26.2 Å². The van der Waals surface area contributed by atoms with Gasteiger partial charge in [-0.1, -0.05) is 42.5 Å². The van der Waals surface area contributed by atoms with Crippen LogP contribution < -0.4 is 5.32 Å². The number of ether oxygens (including phenoxy) is 1. The summed E-state index contributed by atoms with van der Waals surface area (Å²) in [5.41, 5.74) is 0.224. The summed E-state index contributed by atoms with van der Waals surface area (Å²) < 4.78 is 32.3. The fraction of sp³-hybridized carbons (Fsp3) is 0.524. The maximum atomic E-state index is 12.8. The summed E-state index contributed by atoms with van der Waals surface area (Å²) in [4.78, 5) is 26.1. The molecule has 2 amide bonds. The molecule has 1 aromatic rings. The van der Waals surface area contributed by atoms with Gasteiger partial charge in [-0.3, -0.25) is 4.79 Å². The molecule has 0 saturated heterocycles. The molecule has 8 nitrogen and oxygen atoms in total. The fourth-order valence-electron chi connectivity index (χ4n) is 2.92. The van der Waals surface area contributed by atoms with E-state index in [1.165, 1.54) is 9.21 Å². The SMILES string of the molecule is C[C@H](NC(=O)OC(C)(C)C)C(=O)N1C/C=C\CN(Cc2ccccc2)S(=O)(=O)CC1.